The Bertz CT molecular complexity index is 373. The van der Waals surface area contributed by atoms with Gasteiger partial charge in [-0.2, -0.15) is 0 Å². The molecule has 1 aliphatic carbocycles. The molecule has 3 unspecified atom stereocenters. The molecule has 0 heterocycles. The van der Waals surface area contributed by atoms with Gasteiger partial charge < -0.3 is 10.5 Å². The van der Waals surface area contributed by atoms with Crippen LogP contribution in [-0.4, -0.2) is 12.1 Å². The standard InChI is InChI=1S/C17H27NO/c1-3-4-5-14-7-9-15(10-8-14)19-17-12-13(2)6-11-16(17)18/h7-10,13,16-17H,3-6,11-12,18H2,1-2H3. The van der Waals surface area contributed by atoms with E-state index >= 15 is 0 Å². The van der Waals surface area contributed by atoms with E-state index in [4.69, 9.17) is 10.5 Å². The molecule has 2 heteroatoms. The Morgan fingerprint density at radius 2 is 1.95 bits per heavy atom. The van der Waals surface area contributed by atoms with Crippen LogP contribution in [0.4, 0.5) is 0 Å². The van der Waals surface area contributed by atoms with E-state index in [0.717, 1.165) is 30.9 Å². The van der Waals surface area contributed by atoms with Gasteiger partial charge in [0.1, 0.15) is 11.9 Å². The Morgan fingerprint density at radius 3 is 2.63 bits per heavy atom. The smallest absolute Gasteiger partial charge is 0.119 e. The maximum atomic E-state index is 6.16. The van der Waals surface area contributed by atoms with Crippen molar-refractivity contribution in [2.75, 3.05) is 0 Å². The summed E-state index contributed by atoms with van der Waals surface area (Å²) in [5.74, 6) is 1.70. The van der Waals surface area contributed by atoms with Crippen LogP contribution in [0.3, 0.4) is 0 Å². The first kappa shape index (κ1) is 14.4. The second-order valence-electron chi connectivity index (χ2n) is 5.99. The first-order chi connectivity index (χ1) is 9.19. The quantitative estimate of drug-likeness (QED) is 0.871. The van der Waals surface area contributed by atoms with Crippen LogP contribution >= 0.6 is 0 Å². The molecular formula is C17H27NO. The summed E-state index contributed by atoms with van der Waals surface area (Å²) >= 11 is 0. The number of aryl methyl sites for hydroxylation is 1. The van der Waals surface area contributed by atoms with Crippen molar-refractivity contribution in [2.24, 2.45) is 11.7 Å². The lowest BCUT2D eigenvalue weighted by atomic mass is 9.85. The number of hydrogen-bond acceptors (Lipinski definition) is 2. The third-order valence-electron chi connectivity index (χ3n) is 4.13. The lowest BCUT2D eigenvalue weighted by molar-refractivity contribution is 0.108. The van der Waals surface area contributed by atoms with Crippen LogP contribution < -0.4 is 10.5 Å². The minimum absolute atomic E-state index is 0.185. The van der Waals surface area contributed by atoms with Crippen molar-refractivity contribution in [2.45, 2.75) is 64.5 Å². The van der Waals surface area contributed by atoms with Crippen LogP contribution in [0.25, 0.3) is 0 Å². The van der Waals surface area contributed by atoms with E-state index in [9.17, 15) is 0 Å². The van der Waals surface area contributed by atoms with Gasteiger partial charge in [-0.1, -0.05) is 32.4 Å². The van der Waals surface area contributed by atoms with Gasteiger partial charge in [0.2, 0.25) is 0 Å². The van der Waals surface area contributed by atoms with Gasteiger partial charge in [0.25, 0.3) is 0 Å². The maximum Gasteiger partial charge on any atom is 0.119 e. The Balaban J connectivity index is 1.91. The molecule has 0 aromatic heterocycles. The molecule has 19 heavy (non-hydrogen) atoms. The van der Waals surface area contributed by atoms with Gasteiger partial charge >= 0.3 is 0 Å². The third-order valence-corrected chi connectivity index (χ3v) is 4.13. The Hall–Kier alpha value is -1.02. The SMILES string of the molecule is CCCCc1ccc(OC2CC(C)CCC2N)cc1. The molecule has 0 saturated heterocycles. The predicted molar refractivity (Wildman–Crippen MR) is 80.5 cm³/mol. The highest BCUT2D eigenvalue weighted by molar-refractivity contribution is 5.27. The maximum absolute atomic E-state index is 6.16. The second kappa shape index (κ2) is 6.95. The molecule has 0 bridgehead atoms. The van der Waals surface area contributed by atoms with Gasteiger partial charge in [-0.3, -0.25) is 0 Å². The van der Waals surface area contributed by atoms with Crippen molar-refractivity contribution in [3.63, 3.8) is 0 Å². The van der Waals surface area contributed by atoms with Gasteiger partial charge in [-0.05, 0) is 55.7 Å². The molecule has 2 N–H and O–H groups in total. The number of nitrogens with two attached hydrogens (primary N) is 1. The summed E-state index contributed by atoms with van der Waals surface area (Å²) in [4.78, 5) is 0. The fourth-order valence-electron chi connectivity index (χ4n) is 2.78. The van der Waals surface area contributed by atoms with E-state index in [-0.39, 0.29) is 12.1 Å². The summed E-state index contributed by atoms with van der Waals surface area (Å²) < 4.78 is 6.07. The fourth-order valence-corrected chi connectivity index (χ4v) is 2.78. The zero-order valence-electron chi connectivity index (χ0n) is 12.3. The summed E-state index contributed by atoms with van der Waals surface area (Å²) in [6.45, 7) is 4.51. The highest BCUT2D eigenvalue weighted by Gasteiger charge is 2.27. The van der Waals surface area contributed by atoms with Crippen molar-refractivity contribution < 1.29 is 4.74 Å². The van der Waals surface area contributed by atoms with E-state index in [0.29, 0.717) is 0 Å². The van der Waals surface area contributed by atoms with E-state index in [1.807, 2.05) is 0 Å². The topological polar surface area (TPSA) is 35.2 Å². The fraction of sp³-hybridized carbons (Fsp3) is 0.647. The predicted octanol–water partition coefficient (Wildman–Crippen LogP) is 3.92. The number of rotatable bonds is 5. The molecule has 0 aliphatic heterocycles. The first-order valence-corrected chi connectivity index (χ1v) is 7.70. The minimum atomic E-state index is 0.185. The van der Waals surface area contributed by atoms with E-state index in [1.165, 1.54) is 24.8 Å². The van der Waals surface area contributed by atoms with Crippen molar-refractivity contribution in [1.29, 1.82) is 0 Å². The highest BCUT2D eigenvalue weighted by Crippen LogP contribution is 2.27. The Kier molecular flexibility index (Phi) is 5.26. The average molecular weight is 261 g/mol. The van der Waals surface area contributed by atoms with E-state index in [2.05, 4.69) is 38.1 Å². The van der Waals surface area contributed by atoms with Crippen molar-refractivity contribution in [1.82, 2.24) is 0 Å². The van der Waals surface area contributed by atoms with Crippen molar-refractivity contribution in [3.05, 3.63) is 29.8 Å². The first-order valence-electron chi connectivity index (χ1n) is 7.70. The van der Waals surface area contributed by atoms with Crippen LogP contribution in [-0.2, 0) is 6.42 Å². The molecule has 0 spiro atoms. The lowest BCUT2D eigenvalue weighted by Crippen LogP contribution is -2.43. The lowest BCUT2D eigenvalue weighted by Gasteiger charge is -2.32. The van der Waals surface area contributed by atoms with Crippen LogP contribution in [0.5, 0.6) is 5.75 Å². The van der Waals surface area contributed by atoms with Crippen molar-refractivity contribution >= 4 is 0 Å². The molecule has 0 amide bonds. The molecule has 1 aromatic carbocycles. The Morgan fingerprint density at radius 1 is 1.21 bits per heavy atom. The normalized spacial score (nSPS) is 27.2. The minimum Gasteiger partial charge on any atom is -0.489 e. The molecule has 2 nitrogen and oxygen atoms in total. The number of ether oxygens (including phenoxy) is 1. The molecule has 0 radical (unpaired) electrons. The molecule has 2 rings (SSSR count). The van der Waals surface area contributed by atoms with Gasteiger partial charge in [0.15, 0.2) is 0 Å². The monoisotopic (exact) mass is 261 g/mol. The number of unbranched alkanes of at least 4 members (excludes halogenated alkanes) is 1. The summed E-state index contributed by atoms with van der Waals surface area (Å²) in [6, 6.07) is 8.75. The summed E-state index contributed by atoms with van der Waals surface area (Å²) in [7, 11) is 0. The third kappa shape index (κ3) is 4.24. The van der Waals surface area contributed by atoms with E-state index in [1.54, 1.807) is 0 Å². The summed E-state index contributed by atoms with van der Waals surface area (Å²) in [5.41, 5.74) is 7.56. The van der Waals surface area contributed by atoms with Gasteiger partial charge in [-0.15, -0.1) is 0 Å². The number of hydrogen-bond donors (Lipinski definition) is 1. The molecular weight excluding hydrogens is 234 g/mol. The zero-order chi connectivity index (χ0) is 13.7. The van der Waals surface area contributed by atoms with Gasteiger partial charge in [0.05, 0.1) is 0 Å². The molecule has 3 atom stereocenters. The van der Waals surface area contributed by atoms with Crippen molar-refractivity contribution in [3.8, 4) is 5.75 Å². The number of benzene rings is 1. The van der Waals surface area contributed by atoms with E-state index < -0.39 is 0 Å². The molecule has 1 fully saturated rings. The van der Waals surface area contributed by atoms with Crippen LogP contribution in [0.15, 0.2) is 24.3 Å². The molecule has 1 saturated carbocycles. The Labute approximate surface area is 117 Å². The summed E-state index contributed by atoms with van der Waals surface area (Å²) in [6.07, 6.45) is 7.25. The molecule has 1 aliphatic rings. The largest absolute Gasteiger partial charge is 0.489 e. The molecule has 106 valence electrons. The van der Waals surface area contributed by atoms with Crippen LogP contribution in [0.2, 0.25) is 0 Å². The van der Waals surface area contributed by atoms with Crippen LogP contribution in [0, 0.1) is 5.92 Å². The average Bonchev–Trinajstić information content (AvgIpc) is 2.42. The highest BCUT2D eigenvalue weighted by atomic mass is 16.5. The van der Waals surface area contributed by atoms with Crippen LogP contribution in [0.1, 0.15) is 51.5 Å². The summed E-state index contributed by atoms with van der Waals surface area (Å²) in [5, 5.41) is 0. The molecule has 1 aromatic rings. The second-order valence-corrected chi connectivity index (χ2v) is 5.99. The van der Waals surface area contributed by atoms with Gasteiger partial charge in [-0.25, -0.2) is 0 Å². The van der Waals surface area contributed by atoms with Gasteiger partial charge in [0, 0.05) is 6.04 Å². The zero-order valence-corrected chi connectivity index (χ0v) is 12.3.